The van der Waals surface area contributed by atoms with Crippen molar-refractivity contribution in [1.82, 2.24) is 9.80 Å². The molecule has 1 aliphatic rings. The van der Waals surface area contributed by atoms with E-state index in [4.69, 9.17) is 4.74 Å². The van der Waals surface area contributed by atoms with Crippen LogP contribution in [0.1, 0.15) is 10.4 Å². The van der Waals surface area contributed by atoms with E-state index < -0.39 is 16.1 Å². The highest BCUT2D eigenvalue weighted by molar-refractivity contribution is 7.92. The molecule has 1 fully saturated rings. The number of carbonyl (C=O) groups excluding carboxylic acids is 2. The number of ether oxygens (including phenoxy) is 1. The molecule has 0 radical (unpaired) electrons. The predicted octanol–water partition coefficient (Wildman–Crippen LogP) is 2.01. The fraction of sp³-hybridized carbons (Fsp3) is 0.263. The van der Waals surface area contributed by atoms with Crippen LogP contribution in [0.15, 0.2) is 54.6 Å². The topological polar surface area (TPSA) is 96.0 Å². The van der Waals surface area contributed by atoms with Gasteiger partial charge in [-0.15, -0.1) is 0 Å². The van der Waals surface area contributed by atoms with Gasteiger partial charge in [0.25, 0.3) is 5.91 Å². The number of rotatable bonds is 4. The predicted molar refractivity (Wildman–Crippen MR) is 105 cm³/mol. The lowest BCUT2D eigenvalue weighted by atomic mass is 10.1. The first kappa shape index (κ1) is 19.7. The van der Waals surface area contributed by atoms with Gasteiger partial charge in [0.05, 0.1) is 6.26 Å². The van der Waals surface area contributed by atoms with Gasteiger partial charge in [-0.2, -0.15) is 0 Å². The lowest BCUT2D eigenvalue weighted by Gasteiger charge is -2.34. The maximum Gasteiger partial charge on any atom is 0.415 e. The van der Waals surface area contributed by atoms with Gasteiger partial charge in [0.2, 0.25) is 10.0 Å². The highest BCUT2D eigenvalue weighted by Gasteiger charge is 2.26. The number of nitrogens with zero attached hydrogens (tertiary/aromatic N) is 2. The van der Waals surface area contributed by atoms with E-state index in [1.807, 2.05) is 6.07 Å². The highest BCUT2D eigenvalue weighted by Crippen LogP contribution is 2.15. The molecule has 28 heavy (non-hydrogen) atoms. The van der Waals surface area contributed by atoms with Crippen molar-refractivity contribution in [1.29, 1.82) is 0 Å². The zero-order chi connectivity index (χ0) is 20.1. The maximum absolute atomic E-state index is 12.6. The van der Waals surface area contributed by atoms with Crippen molar-refractivity contribution in [2.45, 2.75) is 0 Å². The first-order chi connectivity index (χ1) is 13.3. The Hall–Kier alpha value is -3.07. The Balaban J connectivity index is 1.54. The lowest BCUT2D eigenvalue weighted by molar-refractivity contribution is 0.0633. The zero-order valence-electron chi connectivity index (χ0n) is 15.4. The van der Waals surface area contributed by atoms with E-state index in [0.29, 0.717) is 43.2 Å². The van der Waals surface area contributed by atoms with Gasteiger partial charge in [-0.05, 0) is 36.4 Å². The van der Waals surface area contributed by atoms with Gasteiger partial charge in [0, 0.05) is 37.4 Å². The number of hydrogen-bond donors (Lipinski definition) is 1. The van der Waals surface area contributed by atoms with E-state index in [0.717, 1.165) is 6.26 Å². The Morgan fingerprint density at radius 2 is 1.46 bits per heavy atom. The number of nitrogens with one attached hydrogen (secondary N) is 1. The molecule has 1 N–H and O–H groups in total. The highest BCUT2D eigenvalue weighted by atomic mass is 32.2. The molecule has 9 heteroatoms. The summed E-state index contributed by atoms with van der Waals surface area (Å²) in [6.45, 7) is 1.55. The first-order valence-electron chi connectivity index (χ1n) is 8.71. The lowest BCUT2D eigenvalue weighted by Crippen LogP contribution is -2.51. The van der Waals surface area contributed by atoms with Crippen LogP contribution in [0.25, 0.3) is 0 Å². The van der Waals surface area contributed by atoms with E-state index in [-0.39, 0.29) is 5.91 Å². The molecule has 0 unspecified atom stereocenters. The zero-order valence-corrected chi connectivity index (χ0v) is 16.2. The Morgan fingerprint density at radius 1 is 0.893 bits per heavy atom. The van der Waals surface area contributed by atoms with Crippen molar-refractivity contribution in [3.8, 4) is 5.75 Å². The van der Waals surface area contributed by atoms with Crippen molar-refractivity contribution in [2.75, 3.05) is 37.2 Å². The summed E-state index contributed by atoms with van der Waals surface area (Å²) < 4.78 is 30.1. The molecule has 1 aliphatic heterocycles. The summed E-state index contributed by atoms with van der Waals surface area (Å²) in [6.07, 6.45) is 0.628. The van der Waals surface area contributed by atoms with Crippen LogP contribution in [0.4, 0.5) is 10.5 Å². The normalized spacial score (nSPS) is 14.5. The Morgan fingerprint density at radius 3 is 2.04 bits per heavy atom. The van der Waals surface area contributed by atoms with Gasteiger partial charge in [-0.1, -0.05) is 18.2 Å². The number of carbonyl (C=O) groups is 2. The third-order valence-electron chi connectivity index (χ3n) is 4.21. The number of sulfonamides is 1. The molecule has 0 aromatic heterocycles. The van der Waals surface area contributed by atoms with Gasteiger partial charge >= 0.3 is 6.09 Å². The molecule has 0 saturated carbocycles. The minimum atomic E-state index is -3.36. The fourth-order valence-corrected chi connectivity index (χ4v) is 3.39. The average Bonchev–Trinajstić information content (AvgIpc) is 2.68. The SMILES string of the molecule is CS(=O)(=O)Nc1ccc(C(=O)N2CCN(C(=O)Oc3ccccc3)CC2)cc1. The molecular formula is C19H21N3O5S. The fourth-order valence-electron chi connectivity index (χ4n) is 2.82. The standard InChI is InChI=1S/C19H21N3O5S/c1-28(25,26)20-16-9-7-15(8-10-16)18(23)21-11-13-22(14-12-21)19(24)27-17-5-3-2-4-6-17/h2-10,20H,11-14H2,1H3. The first-order valence-corrected chi connectivity index (χ1v) is 10.6. The van der Waals surface area contributed by atoms with E-state index in [1.165, 1.54) is 0 Å². The molecule has 8 nitrogen and oxygen atoms in total. The van der Waals surface area contributed by atoms with Crippen LogP contribution in [-0.4, -0.2) is 62.7 Å². The van der Waals surface area contributed by atoms with Gasteiger partial charge in [0.1, 0.15) is 5.75 Å². The summed E-state index contributed by atoms with van der Waals surface area (Å²) in [5, 5.41) is 0. The molecule has 0 atom stereocenters. The molecular weight excluding hydrogens is 382 g/mol. The van der Waals surface area contributed by atoms with Crippen LogP contribution in [0.5, 0.6) is 5.75 Å². The van der Waals surface area contributed by atoms with E-state index in [2.05, 4.69) is 4.72 Å². The molecule has 148 valence electrons. The van der Waals surface area contributed by atoms with Gasteiger partial charge in [-0.3, -0.25) is 9.52 Å². The van der Waals surface area contributed by atoms with Crippen molar-refractivity contribution < 1.29 is 22.7 Å². The van der Waals surface area contributed by atoms with Gasteiger partial charge < -0.3 is 14.5 Å². The average molecular weight is 403 g/mol. The van der Waals surface area contributed by atoms with Crippen molar-refractivity contribution in [2.24, 2.45) is 0 Å². The van der Waals surface area contributed by atoms with Crippen LogP contribution in [0.2, 0.25) is 0 Å². The smallest absolute Gasteiger partial charge is 0.410 e. The summed E-state index contributed by atoms with van der Waals surface area (Å²) in [4.78, 5) is 28.0. The molecule has 2 amide bonds. The summed E-state index contributed by atoms with van der Waals surface area (Å²) in [6, 6.07) is 15.1. The van der Waals surface area contributed by atoms with Crippen LogP contribution in [-0.2, 0) is 10.0 Å². The number of para-hydroxylation sites is 1. The largest absolute Gasteiger partial charge is 0.415 e. The molecule has 0 bridgehead atoms. The minimum absolute atomic E-state index is 0.165. The second-order valence-electron chi connectivity index (χ2n) is 6.41. The van der Waals surface area contributed by atoms with Crippen LogP contribution in [0, 0.1) is 0 Å². The Kier molecular flexibility index (Phi) is 5.84. The quantitative estimate of drug-likeness (QED) is 0.843. The molecule has 1 heterocycles. The van der Waals surface area contributed by atoms with E-state index >= 15 is 0 Å². The van der Waals surface area contributed by atoms with Crippen LogP contribution in [0.3, 0.4) is 0 Å². The number of piperazine rings is 1. The number of benzene rings is 2. The Bertz CT molecular complexity index is 937. The molecule has 1 saturated heterocycles. The summed E-state index contributed by atoms with van der Waals surface area (Å²) >= 11 is 0. The molecule has 2 aromatic carbocycles. The van der Waals surface area contributed by atoms with Crippen molar-refractivity contribution in [3.05, 3.63) is 60.2 Å². The monoisotopic (exact) mass is 403 g/mol. The maximum atomic E-state index is 12.6. The third-order valence-corrected chi connectivity index (χ3v) is 4.82. The van der Waals surface area contributed by atoms with Gasteiger partial charge in [0.15, 0.2) is 0 Å². The molecule has 2 aromatic rings. The van der Waals surface area contributed by atoms with Crippen molar-refractivity contribution >= 4 is 27.7 Å². The van der Waals surface area contributed by atoms with Crippen LogP contribution >= 0.6 is 0 Å². The van der Waals surface area contributed by atoms with E-state index in [9.17, 15) is 18.0 Å². The summed E-state index contributed by atoms with van der Waals surface area (Å²) in [5.41, 5.74) is 0.854. The summed E-state index contributed by atoms with van der Waals surface area (Å²) in [7, 11) is -3.36. The number of amides is 2. The van der Waals surface area contributed by atoms with E-state index in [1.54, 1.807) is 58.3 Å². The molecule has 0 spiro atoms. The number of anilines is 1. The van der Waals surface area contributed by atoms with Gasteiger partial charge in [-0.25, -0.2) is 13.2 Å². The second-order valence-corrected chi connectivity index (χ2v) is 8.16. The minimum Gasteiger partial charge on any atom is -0.410 e. The Labute approximate surface area is 163 Å². The number of hydrogen-bond acceptors (Lipinski definition) is 5. The van der Waals surface area contributed by atoms with Crippen molar-refractivity contribution in [3.63, 3.8) is 0 Å². The third kappa shape index (κ3) is 5.23. The molecule has 3 rings (SSSR count). The second kappa shape index (κ2) is 8.30. The summed E-state index contributed by atoms with van der Waals surface area (Å²) in [5.74, 6) is 0.316. The molecule has 0 aliphatic carbocycles. The van der Waals surface area contributed by atoms with Crippen LogP contribution < -0.4 is 9.46 Å².